The molecule has 0 saturated heterocycles. The van der Waals surface area contributed by atoms with E-state index >= 15 is 0 Å². The van der Waals surface area contributed by atoms with Gasteiger partial charge in [-0.2, -0.15) is 0 Å². The number of para-hydroxylation sites is 2. The van der Waals surface area contributed by atoms with Crippen LogP contribution in [0.2, 0.25) is 0 Å². The van der Waals surface area contributed by atoms with Gasteiger partial charge in [-0.05, 0) is 86.2 Å². The molecule has 1 nitrogen and oxygen atoms in total. The number of benzene rings is 8. The predicted octanol–water partition coefficient (Wildman–Crippen LogP) is 10.1. The molecule has 0 bridgehead atoms. The minimum atomic E-state index is -1.30. The summed E-state index contributed by atoms with van der Waals surface area (Å²) in [6.45, 7) is 0. The van der Waals surface area contributed by atoms with Crippen LogP contribution < -0.4 is 15.6 Å². The van der Waals surface area contributed by atoms with Crippen molar-refractivity contribution in [3.63, 3.8) is 0 Å². The molecule has 3 heterocycles. The Morgan fingerprint density at radius 1 is 0.404 bits per heavy atom. The van der Waals surface area contributed by atoms with Crippen LogP contribution in [0.4, 0.5) is 0 Å². The monoisotopic (exact) mass is 694 g/mol. The second-order valence-electron chi connectivity index (χ2n) is 13.8. The first kappa shape index (κ1) is 29.8. The fraction of sp³-hybridized carbons (Fsp3) is 0.0204. The standard InChI is InChI=1S/C49H32NSSi/c1-2-14-36(15-3-1)52-47-25-13-8-20-41(47)49(39-18-6-11-23-45(39)51-46-24-12-7-19-40(46)49)42-32-34(28-31-48(42)52)33-26-29-35(30-27-33)50-43-21-9-4-16-37(43)38-17-5-10-22-44(38)50/h1-32H. The Hall–Kier alpha value is -5.87. The Balaban J connectivity index is 1.16. The molecule has 9 aromatic rings. The fourth-order valence-corrected chi connectivity index (χ4v) is 13.3. The lowest BCUT2D eigenvalue weighted by atomic mass is 9.64. The number of hydrogen-bond acceptors (Lipinski definition) is 1. The van der Waals surface area contributed by atoms with Crippen molar-refractivity contribution < 1.29 is 0 Å². The Morgan fingerprint density at radius 2 is 0.923 bits per heavy atom. The van der Waals surface area contributed by atoms with Gasteiger partial charge in [0.05, 0.1) is 16.4 Å². The van der Waals surface area contributed by atoms with Gasteiger partial charge in [-0.25, -0.2) is 0 Å². The first-order valence-corrected chi connectivity index (χ1v) is 20.3. The maximum atomic E-state index is 2.54. The molecule has 0 unspecified atom stereocenters. The van der Waals surface area contributed by atoms with Gasteiger partial charge in [0.2, 0.25) is 0 Å². The lowest BCUT2D eigenvalue weighted by Gasteiger charge is -2.47. The van der Waals surface area contributed by atoms with E-state index in [0.717, 1.165) is 0 Å². The van der Waals surface area contributed by atoms with Crippen molar-refractivity contribution in [2.24, 2.45) is 0 Å². The molecule has 243 valence electrons. The zero-order valence-electron chi connectivity index (χ0n) is 28.3. The fourth-order valence-electron chi connectivity index (χ4n) is 9.06. The van der Waals surface area contributed by atoms with Crippen molar-refractivity contribution in [2.75, 3.05) is 0 Å². The summed E-state index contributed by atoms with van der Waals surface area (Å²) < 4.78 is 2.40. The second kappa shape index (κ2) is 11.6. The number of nitrogens with zero attached hydrogens (tertiary/aromatic N) is 1. The molecule has 0 aliphatic carbocycles. The molecule has 0 saturated carbocycles. The highest BCUT2D eigenvalue weighted by atomic mass is 32.2. The van der Waals surface area contributed by atoms with E-state index in [0.29, 0.717) is 0 Å². The Morgan fingerprint density at radius 3 is 1.60 bits per heavy atom. The van der Waals surface area contributed by atoms with Gasteiger partial charge in [0, 0.05) is 26.3 Å². The smallest absolute Gasteiger partial charge is 0.155 e. The lowest BCUT2D eigenvalue weighted by molar-refractivity contribution is 0.708. The van der Waals surface area contributed by atoms with Gasteiger partial charge in [0.15, 0.2) is 8.80 Å². The lowest BCUT2D eigenvalue weighted by Crippen LogP contribution is -2.62. The van der Waals surface area contributed by atoms with E-state index in [1.165, 1.54) is 86.2 Å². The number of fused-ring (bicyclic) bond motifs is 11. The Kier molecular flexibility index (Phi) is 6.64. The molecule has 0 amide bonds. The molecule has 2 aliphatic heterocycles. The van der Waals surface area contributed by atoms with Gasteiger partial charge in [-0.3, -0.25) is 0 Å². The summed E-state index contributed by atoms with van der Waals surface area (Å²) in [6, 6.07) is 72.8. The van der Waals surface area contributed by atoms with E-state index in [2.05, 4.69) is 199 Å². The summed E-state index contributed by atoms with van der Waals surface area (Å²) in [5, 5.41) is 6.93. The molecule has 1 radical (unpaired) electrons. The average Bonchev–Trinajstić information content (AvgIpc) is 3.55. The largest absolute Gasteiger partial charge is 0.309 e. The number of aromatic nitrogens is 1. The molecule has 8 aromatic carbocycles. The van der Waals surface area contributed by atoms with E-state index in [1.54, 1.807) is 0 Å². The molecule has 52 heavy (non-hydrogen) atoms. The zero-order chi connectivity index (χ0) is 34.2. The van der Waals surface area contributed by atoms with Crippen molar-refractivity contribution in [1.29, 1.82) is 0 Å². The first-order chi connectivity index (χ1) is 25.8. The molecule has 1 aromatic heterocycles. The van der Waals surface area contributed by atoms with Crippen LogP contribution in [0, 0.1) is 0 Å². The Bertz CT molecular complexity index is 2740. The molecule has 1 spiro atoms. The van der Waals surface area contributed by atoms with Crippen molar-refractivity contribution in [3.8, 4) is 16.8 Å². The number of hydrogen-bond donors (Lipinski definition) is 0. The van der Waals surface area contributed by atoms with Crippen LogP contribution in [0.25, 0.3) is 38.6 Å². The molecule has 0 atom stereocenters. The van der Waals surface area contributed by atoms with Crippen LogP contribution in [0.3, 0.4) is 0 Å². The van der Waals surface area contributed by atoms with E-state index < -0.39 is 14.2 Å². The predicted molar refractivity (Wildman–Crippen MR) is 220 cm³/mol. The van der Waals surface area contributed by atoms with Crippen LogP contribution in [0.15, 0.2) is 204 Å². The first-order valence-electron chi connectivity index (χ1n) is 17.9. The maximum Gasteiger partial charge on any atom is 0.155 e. The van der Waals surface area contributed by atoms with Gasteiger partial charge < -0.3 is 4.57 Å². The van der Waals surface area contributed by atoms with Crippen LogP contribution in [0.5, 0.6) is 0 Å². The molecule has 2 aliphatic rings. The van der Waals surface area contributed by atoms with Gasteiger partial charge in [0.25, 0.3) is 0 Å². The minimum absolute atomic E-state index is 0.438. The molecular formula is C49H32NSSi. The minimum Gasteiger partial charge on any atom is -0.309 e. The second-order valence-corrected chi connectivity index (χ2v) is 17.3. The van der Waals surface area contributed by atoms with E-state index in [-0.39, 0.29) is 0 Å². The zero-order valence-corrected chi connectivity index (χ0v) is 30.1. The summed E-state index contributed by atoms with van der Waals surface area (Å²) in [5.74, 6) is 0. The third kappa shape index (κ3) is 4.18. The third-order valence-corrected chi connectivity index (χ3v) is 15.2. The number of rotatable bonds is 3. The van der Waals surface area contributed by atoms with Gasteiger partial charge in [0.1, 0.15) is 0 Å². The SMILES string of the molecule is c1ccc([Si]2c3ccccc3C3(c4ccccc4Sc4ccccc43)c3cc(-c4ccc(-n5c6ccccc6c6ccccc65)cc4)ccc32)cc1. The molecule has 11 rings (SSSR count). The summed E-state index contributed by atoms with van der Waals surface area (Å²) >= 11 is 1.90. The summed E-state index contributed by atoms with van der Waals surface area (Å²) in [7, 11) is -1.30. The highest BCUT2D eigenvalue weighted by molar-refractivity contribution is 7.99. The van der Waals surface area contributed by atoms with Crippen LogP contribution in [-0.2, 0) is 5.41 Å². The summed E-state index contributed by atoms with van der Waals surface area (Å²) in [4.78, 5) is 2.66. The van der Waals surface area contributed by atoms with Crippen LogP contribution >= 0.6 is 11.8 Å². The van der Waals surface area contributed by atoms with Crippen molar-refractivity contribution in [3.05, 3.63) is 216 Å². The average molecular weight is 695 g/mol. The molecular weight excluding hydrogens is 663 g/mol. The topological polar surface area (TPSA) is 4.93 Å². The summed E-state index contributed by atoms with van der Waals surface area (Å²) in [5.41, 5.74) is 11.2. The molecule has 0 fully saturated rings. The van der Waals surface area contributed by atoms with Crippen molar-refractivity contribution in [2.45, 2.75) is 15.2 Å². The quantitative estimate of drug-likeness (QED) is 0.167. The van der Waals surface area contributed by atoms with E-state index in [4.69, 9.17) is 0 Å². The Labute approximate surface area is 309 Å². The van der Waals surface area contributed by atoms with E-state index in [1.807, 2.05) is 11.8 Å². The molecule has 3 heteroatoms. The van der Waals surface area contributed by atoms with Crippen LogP contribution in [-0.4, -0.2) is 13.4 Å². The van der Waals surface area contributed by atoms with E-state index in [9.17, 15) is 0 Å². The van der Waals surface area contributed by atoms with Crippen LogP contribution in [0.1, 0.15) is 22.3 Å². The normalized spacial score (nSPS) is 14.2. The highest BCUT2D eigenvalue weighted by Crippen LogP contribution is 2.56. The van der Waals surface area contributed by atoms with Crippen molar-refractivity contribution in [1.82, 2.24) is 4.57 Å². The molecule has 0 N–H and O–H groups in total. The van der Waals surface area contributed by atoms with Crippen molar-refractivity contribution >= 4 is 57.9 Å². The van der Waals surface area contributed by atoms with Gasteiger partial charge in [-0.15, -0.1) is 0 Å². The van der Waals surface area contributed by atoms with Gasteiger partial charge in [-0.1, -0.05) is 169 Å². The maximum absolute atomic E-state index is 2.54. The summed E-state index contributed by atoms with van der Waals surface area (Å²) in [6.07, 6.45) is 0. The third-order valence-electron chi connectivity index (χ3n) is 11.2. The highest BCUT2D eigenvalue weighted by Gasteiger charge is 2.50. The van der Waals surface area contributed by atoms with Gasteiger partial charge >= 0.3 is 0 Å².